The molecule has 9 aromatic rings. The number of rotatable bonds is 6. The Morgan fingerprint density at radius 1 is 0.444 bits per heavy atom. The van der Waals surface area contributed by atoms with Crippen LogP contribution in [0.4, 0.5) is 17.1 Å². The number of benzene rings is 8. The molecule has 0 spiro atoms. The van der Waals surface area contributed by atoms with E-state index in [4.69, 9.17) is 0 Å². The molecule has 0 saturated heterocycles. The van der Waals surface area contributed by atoms with Crippen molar-refractivity contribution in [2.45, 2.75) is 51.4 Å². The maximum atomic E-state index is 3.82. The van der Waals surface area contributed by atoms with E-state index in [0.29, 0.717) is 0 Å². The van der Waals surface area contributed by atoms with E-state index in [-0.39, 0.29) is 10.8 Å². The van der Waals surface area contributed by atoms with E-state index in [0.717, 1.165) is 35.5 Å². The lowest BCUT2D eigenvalue weighted by molar-refractivity contribution is 0.660. The van der Waals surface area contributed by atoms with E-state index in [2.05, 4.69) is 233 Å². The molecule has 0 aromatic heterocycles. The minimum absolute atomic E-state index is 0.175. The van der Waals surface area contributed by atoms with Gasteiger partial charge >= 0.3 is 0 Å². The number of nitrogens with zero attached hydrogens (tertiary/aromatic N) is 1. The third kappa shape index (κ3) is 5.86. The zero-order chi connectivity index (χ0) is 42.5. The highest BCUT2D eigenvalue weighted by molar-refractivity contribution is 6.01. The molecule has 0 fully saturated rings. The Labute approximate surface area is 371 Å². The molecule has 0 bridgehead atoms. The molecule has 3 aliphatic carbocycles. The Morgan fingerprint density at radius 2 is 1.05 bits per heavy atom. The molecule has 0 atom stereocenters. The highest BCUT2D eigenvalue weighted by Crippen LogP contribution is 2.55. The van der Waals surface area contributed by atoms with Crippen molar-refractivity contribution < 1.29 is 0 Å². The smallest absolute Gasteiger partial charge is 0.0977 e. The number of allylic oxidation sites excluding steroid dienone is 4. The van der Waals surface area contributed by atoms with Gasteiger partial charge in [0.25, 0.3) is 0 Å². The van der Waals surface area contributed by atoms with Crippen LogP contribution in [-0.4, -0.2) is 0 Å². The van der Waals surface area contributed by atoms with Gasteiger partial charge in [-0.15, -0.1) is 0 Å². The van der Waals surface area contributed by atoms with Crippen molar-refractivity contribution in [1.29, 1.82) is 0 Å². The summed E-state index contributed by atoms with van der Waals surface area (Å²) in [5.41, 5.74) is 20.5. The second kappa shape index (κ2) is 14.1. The van der Waals surface area contributed by atoms with E-state index in [1.165, 1.54) is 93.9 Å². The van der Waals surface area contributed by atoms with Crippen molar-refractivity contribution in [3.8, 4) is 44.5 Å². The normalized spacial score (nSPS) is 15.0. The van der Waals surface area contributed by atoms with Crippen LogP contribution in [0.1, 0.15) is 68.4 Å². The third-order valence-corrected chi connectivity index (χ3v) is 14.3. The molecule has 1 nitrogen and oxygen atoms in total. The molecule has 1 heteroatoms. The van der Waals surface area contributed by atoms with E-state index in [1.807, 2.05) is 0 Å². The second-order valence-corrected chi connectivity index (χ2v) is 18.7. The molecule has 300 valence electrons. The molecule has 0 N–H and O–H groups in total. The van der Waals surface area contributed by atoms with Crippen molar-refractivity contribution in [1.82, 2.24) is 0 Å². The van der Waals surface area contributed by atoms with Crippen LogP contribution in [0.2, 0.25) is 0 Å². The first-order valence-corrected chi connectivity index (χ1v) is 22.4. The summed E-state index contributed by atoms with van der Waals surface area (Å²) in [5.74, 6) is 0. The predicted molar refractivity (Wildman–Crippen MR) is 266 cm³/mol. The Balaban J connectivity index is 1.18. The zero-order valence-corrected chi connectivity index (χ0v) is 36.3. The molecule has 0 amide bonds. The van der Waals surface area contributed by atoms with Crippen LogP contribution in [0.5, 0.6) is 0 Å². The van der Waals surface area contributed by atoms with Gasteiger partial charge in [0.05, 0.1) is 11.4 Å². The lowest BCUT2D eigenvalue weighted by atomic mass is 9.82. The van der Waals surface area contributed by atoms with Gasteiger partial charge in [-0.2, -0.15) is 0 Å². The first-order chi connectivity index (χ1) is 30.7. The molecular formula is C62H47N. The summed E-state index contributed by atoms with van der Waals surface area (Å²) < 4.78 is 0. The molecule has 63 heavy (non-hydrogen) atoms. The summed E-state index contributed by atoms with van der Waals surface area (Å²) in [6, 6.07) is 71.2. The Bertz CT molecular complexity index is 3300. The van der Waals surface area contributed by atoms with Gasteiger partial charge in [0.1, 0.15) is 0 Å². The number of anilines is 3. The molecule has 12 rings (SSSR count). The molecule has 0 radical (unpaired) electrons. The van der Waals surface area contributed by atoms with E-state index in [9.17, 15) is 0 Å². The van der Waals surface area contributed by atoms with E-state index < -0.39 is 0 Å². The van der Waals surface area contributed by atoms with Crippen LogP contribution in [0, 0.1) is 12.1 Å². The summed E-state index contributed by atoms with van der Waals surface area (Å²) in [5, 5.41) is 4.94. The monoisotopic (exact) mass is 805 g/mol. The van der Waals surface area contributed by atoms with Crippen LogP contribution in [0.3, 0.4) is 0 Å². The topological polar surface area (TPSA) is 3.24 Å². The fourth-order valence-electron chi connectivity index (χ4n) is 10.9. The minimum atomic E-state index is -0.208. The van der Waals surface area contributed by atoms with Crippen LogP contribution in [0.25, 0.3) is 71.6 Å². The van der Waals surface area contributed by atoms with Gasteiger partial charge in [-0.3, -0.25) is 0 Å². The molecule has 0 saturated carbocycles. The van der Waals surface area contributed by atoms with Gasteiger partial charge in [0.2, 0.25) is 0 Å². The fourth-order valence-corrected chi connectivity index (χ4v) is 10.9. The Hall–Kier alpha value is -7.40. The van der Waals surface area contributed by atoms with Crippen LogP contribution < -0.4 is 4.90 Å². The van der Waals surface area contributed by atoms with Gasteiger partial charge in [-0.1, -0.05) is 179 Å². The quantitative estimate of drug-likeness (QED) is 0.162. The summed E-state index contributed by atoms with van der Waals surface area (Å²) in [6.07, 6.45) is 8.82. The summed E-state index contributed by atoms with van der Waals surface area (Å²) in [4.78, 5) is 2.53. The standard InChI is InChI=1S/C62H47N/c1-61(2)56-24-14-12-22-50(56)52-32-30-48(38-58(52)61)63(49-31-33-53-51-23-13-15-25-57(51)62(3,4)59(53)39-49)60-54(42-18-6-5-7-19-42)36-47(45-28-26-40-16-8-10-20-43(40)34-45)37-55(60)46-29-27-41-17-9-11-21-44(41)35-46/h5-6,8-18,20-30,32,34-39H,7,19H2,1-4H3. The Kier molecular flexibility index (Phi) is 8.34. The first kappa shape index (κ1) is 37.4. The van der Waals surface area contributed by atoms with Gasteiger partial charge in [0.15, 0.2) is 0 Å². The van der Waals surface area contributed by atoms with E-state index >= 15 is 0 Å². The predicted octanol–water partition coefficient (Wildman–Crippen LogP) is 16.7. The molecule has 9 aromatic carbocycles. The number of fused-ring (bicyclic) bond motifs is 8. The van der Waals surface area contributed by atoms with Crippen molar-refractivity contribution in [3.05, 3.63) is 228 Å². The fraction of sp³-hybridized carbons (Fsp3) is 0.129. The van der Waals surface area contributed by atoms with Gasteiger partial charge in [0, 0.05) is 33.2 Å². The van der Waals surface area contributed by atoms with Crippen molar-refractivity contribution in [2.75, 3.05) is 4.90 Å². The van der Waals surface area contributed by atoms with E-state index in [1.54, 1.807) is 0 Å². The van der Waals surface area contributed by atoms with Crippen LogP contribution in [0.15, 0.2) is 188 Å². The highest BCUT2D eigenvalue weighted by Gasteiger charge is 2.38. The molecule has 0 heterocycles. The highest BCUT2D eigenvalue weighted by atomic mass is 15.1. The van der Waals surface area contributed by atoms with Crippen molar-refractivity contribution in [2.24, 2.45) is 0 Å². The molecular weight excluding hydrogens is 759 g/mol. The first-order valence-electron chi connectivity index (χ1n) is 22.4. The maximum absolute atomic E-state index is 3.82. The number of hydrogen-bond donors (Lipinski definition) is 0. The molecule has 0 unspecified atom stereocenters. The Morgan fingerprint density at radius 3 is 1.78 bits per heavy atom. The minimum Gasteiger partial charge on any atom is -0.302 e. The van der Waals surface area contributed by atoms with Gasteiger partial charge < -0.3 is 4.90 Å². The lowest BCUT2D eigenvalue weighted by Crippen LogP contribution is -2.19. The summed E-state index contributed by atoms with van der Waals surface area (Å²) in [6.45, 7) is 9.48. The summed E-state index contributed by atoms with van der Waals surface area (Å²) in [7, 11) is 0. The number of hydrogen-bond acceptors (Lipinski definition) is 1. The van der Waals surface area contributed by atoms with Crippen molar-refractivity contribution in [3.63, 3.8) is 0 Å². The van der Waals surface area contributed by atoms with Crippen molar-refractivity contribution >= 4 is 44.2 Å². The average molecular weight is 806 g/mol. The molecule has 0 aliphatic heterocycles. The van der Waals surface area contributed by atoms with Gasteiger partial charge in [-0.05, 0) is 144 Å². The second-order valence-electron chi connectivity index (χ2n) is 18.7. The van der Waals surface area contributed by atoms with Crippen LogP contribution >= 0.6 is 0 Å². The third-order valence-electron chi connectivity index (χ3n) is 14.3. The van der Waals surface area contributed by atoms with Crippen LogP contribution in [-0.2, 0) is 10.8 Å². The maximum Gasteiger partial charge on any atom is 0.0977 e. The SMILES string of the molecule is CC1(C)c2cc(N(c3ccc4c(c3)C(C)(C)c3ccccc3-4)c3c(C4=CC=CCC4)cc(-c4ccc5ccccc5c4)cc3-c3ccc4ccccc4c3)c#cc2-c2ccccc21. The lowest BCUT2D eigenvalue weighted by Gasteiger charge is -2.33. The van der Waals surface area contributed by atoms with Gasteiger partial charge in [-0.25, -0.2) is 0 Å². The molecule has 3 aliphatic rings. The summed E-state index contributed by atoms with van der Waals surface area (Å²) >= 11 is 0. The average Bonchev–Trinajstić information content (AvgIpc) is 3.70. The zero-order valence-electron chi connectivity index (χ0n) is 36.3. The largest absolute Gasteiger partial charge is 0.302 e.